The molecule has 1 N–H and O–H groups in total. The summed E-state index contributed by atoms with van der Waals surface area (Å²) in [5, 5.41) is 2.34. The Morgan fingerprint density at radius 3 is 2.22 bits per heavy atom. The average molecular weight is 257 g/mol. The normalized spacial score (nSPS) is 12.5. The molecule has 0 aliphatic heterocycles. The van der Waals surface area contributed by atoms with Crippen LogP contribution in [0, 0.1) is 6.92 Å². The molecule has 0 aliphatic carbocycles. The van der Waals surface area contributed by atoms with Crippen molar-refractivity contribution in [3.8, 4) is 0 Å². The van der Waals surface area contributed by atoms with E-state index in [0.29, 0.717) is 0 Å². The standard InChI is InChI=1S/C12H19NO5/c1-8(14)6-7-9(10(15)17-5)13-11(16)18-12(2,3)4/h1,9H,6-7H2,2-5H3,(H,13,16). The highest BCUT2D eigenvalue weighted by Crippen LogP contribution is 2.08. The van der Waals surface area contributed by atoms with E-state index in [2.05, 4.69) is 10.1 Å². The summed E-state index contributed by atoms with van der Waals surface area (Å²) in [4.78, 5) is 33.5. The Bertz CT molecular complexity index is 319. The van der Waals surface area contributed by atoms with Crippen LogP contribution < -0.4 is 5.32 Å². The maximum absolute atomic E-state index is 11.5. The number of methoxy groups -OCH3 is 1. The van der Waals surface area contributed by atoms with Gasteiger partial charge in [0.2, 0.25) is 0 Å². The molecule has 1 atom stereocenters. The third-order valence-electron chi connectivity index (χ3n) is 1.86. The summed E-state index contributed by atoms with van der Waals surface area (Å²) in [6.07, 6.45) is -0.709. The van der Waals surface area contributed by atoms with Crippen LogP contribution in [0.4, 0.5) is 4.79 Å². The molecular formula is C12H19NO5. The van der Waals surface area contributed by atoms with Gasteiger partial charge in [0.1, 0.15) is 17.4 Å². The first kappa shape index (κ1) is 16.4. The molecule has 0 aliphatic rings. The molecule has 0 rings (SSSR count). The highest BCUT2D eigenvalue weighted by molar-refractivity contribution is 5.85. The van der Waals surface area contributed by atoms with Crippen molar-refractivity contribution in [1.29, 1.82) is 0 Å². The smallest absolute Gasteiger partial charge is 0.408 e. The number of amides is 1. The number of Topliss-reactive ketones (excluding diaryl/α,β-unsaturated/α-hetero) is 1. The van der Waals surface area contributed by atoms with Crippen LogP contribution in [-0.2, 0) is 19.1 Å². The van der Waals surface area contributed by atoms with E-state index in [1.807, 2.05) is 0 Å². The molecule has 0 bridgehead atoms. The molecule has 0 aromatic heterocycles. The van der Waals surface area contributed by atoms with Gasteiger partial charge < -0.3 is 14.8 Å². The number of esters is 1. The quantitative estimate of drug-likeness (QED) is 0.746. The van der Waals surface area contributed by atoms with Gasteiger partial charge in [-0.15, -0.1) is 0 Å². The van der Waals surface area contributed by atoms with Crippen molar-refractivity contribution in [3.05, 3.63) is 6.92 Å². The summed E-state index contributed by atoms with van der Waals surface area (Å²) in [5.41, 5.74) is -0.672. The first-order valence-electron chi connectivity index (χ1n) is 5.51. The van der Waals surface area contributed by atoms with E-state index in [9.17, 15) is 14.4 Å². The number of hydrogen-bond donors (Lipinski definition) is 1. The molecule has 2 radical (unpaired) electrons. The van der Waals surface area contributed by atoms with Crippen molar-refractivity contribution in [1.82, 2.24) is 5.32 Å². The van der Waals surface area contributed by atoms with Gasteiger partial charge in [0.15, 0.2) is 0 Å². The van der Waals surface area contributed by atoms with Gasteiger partial charge in [-0.1, -0.05) is 0 Å². The molecule has 1 unspecified atom stereocenters. The SMILES string of the molecule is [CH]C(=O)CCC(NC(=O)OC(C)(C)C)C(=O)OC. The molecule has 6 nitrogen and oxygen atoms in total. The molecule has 1 amide bonds. The molecule has 0 aromatic carbocycles. The number of ether oxygens (including phenoxy) is 2. The number of nitrogens with one attached hydrogen (secondary N) is 1. The number of hydrogen-bond acceptors (Lipinski definition) is 5. The molecule has 102 valence electrons. The fourth-order valence-corrected chi connectivity index (χ4v) is 1.13. The fourth-order valence-electron chi connectivity index (χ4n) is 1.13. The molecule has 0 spiro atoms. The lowest BCUT2D eigenvalue weighted by Crippen LogP contribution is -2.44. The molecule has 0 heterocycles. The lowest BCUT2D eigenvalue weighted by Gasteiger charge is -2.22. The Morgan fingerprint density at radius 1 is 1.28 bits per heavy atom. The zero-order valence-corrected chi connectivity index (χ0v) is 11.1. The van der Waals surface area contributed by atoms with E-state index < -0.39 is 29.5 Å². The van der Waals surface area contributed by atoms with Gasteiger partial charge in [-0.2, -0.15) is 0 Å². The van der Waals surface area contributed by atoms with Gasteiger partial charge in [0.25, 0.3) is 0 Å². The Morgan fingerprint density at radius 2 is 1.83 bits per heavy atom. The Labute approximate surface area is 107 Å². The molecule has 0 aromatic rings. The van der Waals surface area contributed by atoms with Crippen molar-refractivity contribution in [3.63, 3.8) is 0 Å². The average Bonchev–Trinajstić information content (AvgIpc) is 2.20. The first-order valence-corrected chi connectivity index (χ1v) is 5.51. The second-order valence-electron chi connectivity index (χ2n) is 4.73. The lowest BCUT2D eigenvalue weighted by molar-refractivity contribution is -0.143. The van der Waals surface area contributed by atoms with E-state index in [-0.39, 0.29) is 12.8 Å². The van der Waals surface area contributed by atoms with E-state index in [1.54, 1.807) is 20.8 Å². The topological polar surface area (TPSA) is 81.7 Å². The predicted molar refractivity (Wildman–Crippen MR) is 63.7 cm³/mol. The lowest BCUT2D eigenvalue weighted by atomic mass is 10.1. The predicted octanol–water partition coefficient (Wildman–Crippen LogP) is 1.11. The van der Waals surface area contributed by atoms with E-state index in [1.165, 1.54) is 7.11 Å². The van der Waals surface area contributed by atoms with Gasteiger partial charge >= 0.3 is 12.1 Å². The Kier molecular flexibility index (Phi) is 6.36. The molecule has 0 fully saturated rings. The largest absolute Gasteiger partial charge is 0.467 e. The van der Waals surface area contributed by atoms with Crippen molar-refractivity contribution < 1.29 is 23.9 Å². The van der Waals surface area contributed by atoms with Crippen LogP contribution in [0.1, 0.15) is 33.6 Å². The van der Waals surface area contributed by atoms with Crippen molar-refractivity contribution in [2.75, 3.05) is 7.11 Å². The van der Waals surface area contributed by atoms with Gasteiger partial charge in [0, 0.05) is 13.3 Å². The minimum Gasteiger partial charge on any atom is -0.467 e. The van der Waals surface area contributed by atoms with Gasteiger partial charge in [-0.05, 0) is 27.2 Å². The number of carbonyl (C=O) groups excluding carboxylic acids is 3. The van der Waals surface area contributed by atoms with Gasteiger partial charge in [-0.25, -0.2) is 9.59 Å². The fraction of sp³-hybridized carbons (Fsp3) is 0.667. The number of ketones is 1. The second kappa shape index (κ2) is 6.98. The summed E-state index contributed by atoms with van der Waals surface area (Å²) in [6.45, 7) is 10.1. The van der Waals surface area contributed by atoms with Crippen LogP contribution in [0.3, 0.4) is 0 Å². The minimum absolute atomic E-state index is 0.0322. The highest BCUT2D eigenvalue weighted by atomic mass is 16.6. The summed E-state index contributed by atoms with van der Waals surface area (Å²) in [6, 6.07) is -0.947. The maximum Gasteiger partial charge on any atom is 0.408 e. The molecule has 0 saturated heterocycles. The summed E-state index contributed by atoms with van der Waals surface area (Å²) >= 11 is 0. The van der Waals surface area contributed by atoms with Crippen LogP contribution in [0.5, 0.6) is 0 Å². The first-order chi connectivity index (χ1) is 8.15. The van der Waals surface area contributed by atoms with Crippen LogP contribution in [0.25, 0.3) is 0 Å². The Hall–Kier alpha value is -1.59. The number of alkyl carbamates (subject to hydrolysis) is 1. The van der Waals surface area contributed by atoms with E-state index >= 15 is 0 Å². The molecule has 0 saturated carbocycles. The maximum atomic E-state index is 11.5. The van der Waals surface area contributed by atoms with E-state index in [4.69, 9.17) is 11.7 Å². The summed E-state index contributed by atoms with van der Waals surface area (Å²) in [5.74, 6) is -1.21. The molecule has 6 heteroatoms. The third-order valence-corrected chi connectivity index (χ3v) is 1.86. The van der Waals surface area contributed by atoms with Gasteiger partial charge in [-0.3, -0.25) is 4.79 Å². The highest BCUT2D eigenvalue weighted by Gasteiger charge is 2.24. The summed E-state index contributed by atoms with van der Waals surface area (Å²) in [7, 11) is 1.19. The second-order valence-corrected chi connectivity index (χ2v) is 4.73. The summed E-state index contributed by atoms with van der Waals surface area (Å²) < 4.78 is 9.51. The van der Waals surface area contributed by atoms with E-state index in [0.717, 1.165) is 0 Å². The number of carbonyl (C=O) groups is 3. The van der Waals surface area contributed by atoms with Crippen molar-refractivity contribution in [2.24, 2.45) is 0 Å². The zero-order chi connectivity index (χ0) is 14.3. The Balaban J connectivity index is 4.45. The van der Waals surface area contributed by atoms with Crippen molar-refractivity contribution in [2.45, 2.75) is 45.3 Å². The third kappa shape index (κ3) is 7.65. The van der Waals surface area contributed by atoms with Crippen LogP contribution in [0.15, 0.2) is 0 Å². The minimum atomic E-state index is -0.947. The number of rotatable bonds is 5. The van der Waals surface area contributed by atoms with Gasteiger partial charge in [0.05, 0.1) is 7.11 Å². The van der Waals surface area contributed by atoms with Crippen LogP contribution >= 0.6 is 0 Å². The zero-order valence-electron chi connectivity index (χ0n) is 11.1. The van der Waals surface area contributed by atoms with Crippen LogP contribution in [-0.4, -0.2) is 36.6 Å². The molecule has 18 heavy (non-hydrogen) atoms. The van der Waals surface area contributed by atoms with Crippen molar-refractivity contribution >= 4 is 17.8 Å². The van der Waals surface area contributed by atoms with Crippen LogP contribution in [0.2, 0.25) is 0 Å². The molecular weight excluding hydrogens is 238 g/mol. The monoisotopic (exact) mass is 257 g/mol.